The van der Waals surface area contributed by atoms with Gasteiger partial charge < -0.3 is 15.4 Å². The van der Waals surface area contributed by atoms with E-state index < -0.39 is 0 Å². The maximum Gasteiger partial charge on any atom is 0.223 e. The first kappa shape index (κ1) is 11.5. The van der Waals surface area contributed by atoms with Crippen LogP contribution in [0.15, 0.2) is 0 Å². The summed E-state index contributed by atoms with van der Waals surface area (Å²) >= 11 is 0. The Balaban J connectivity index is 2.07. The summed E-state index contributed by atoms with van der Waals surface area (Å²) in [7, 11) is 0. The number of rotatable bonds is 5. The summed E-state index contributed by atoms with van der Waals surface area (Å²) < 4.78 is 5.14. The monoisotopic (exact) mass is 200 g/mol. The van der Waals surface area contributed by atoms with Crippen LogP contribution >= 0.6 is 0 Å². The van der Waals surface area contributed by atoms with E-state index in [1.807, 2.05) is 6.92 Å². The van der Waals surface area contributed by atoms with E-state index >= 15 is 0 Å². The molecular formula is C10H20N2O2. The number of ether oxygens (including phenoxy) is 1. The molecule has 0 aromatic heterocycles. The van der Waals surface area contributed by atoms with Crippen molar-refractivity contribution in [3.05, 3.63) is 0 Å². The van der Waals surface area contributed by atoms with Crippen LogP contribution in [0.1, 0.15) is 19.8 Å². The van der Waals surface area contributed by atoms with Gasteiger partial charge in [0.15, 0.2) is 0 Å². The summed E-state index contributed by atoms with van der Waals surface area (Å²) in [4.78, 5) is 11.6. The minimum Gasteiger partial charge on any atom is -0.380 e. The first-order valence-electron chi connectivity index (χ1n) is 5.40. The lowest BCUT2D eigenvalue weighted by Gasteiger charge is -2.21. The normalized spacial score (nSPS) is 18.1. The zero-order chi connectivity index (χ0) is 10.2. The number of carbonyl (C=O) groups excluding carboxylic acids is 1. The topological polar surface area (TPSA) is 50.4 Å². The highest BCUT2D eigenvalue weighted by Crippen LogP contribution is 2.10. The zero-order valence-electron chi connectivity index (χ0n) is 8.84. The molecule has 1 aliphatic rings. The highest BCUT2D eigenvalue weighted by Gasteiger charge is 2.19. The van der Waals surface area contributed by atoms with Crippen molar-refractivity contribution in [2.75, 3.05) is 32.8 Å². The Morgan fingerprint density at radius 1 is 1.50 bits per heavy atom. The molecule has 2 N–H and O–H groups in total. The lowest BCUT2D eigenvalue weighted by atomic mass is 9.97. The molecule has 4 heteroatoms. The van der Waals surface area contributed by atoms with E-state index in [0.717, 1.165) is 25.9 Å². The predicted octanol–water partition coefficient (Wildman–Crippen LogP) is 0.139. The van der Waals surface area contributed by atoms with Crippen molar-refractivity contribution in [3.63, 3.8) is 0 Å². The summed E-state index contributed by atoms with van der Waals surface area (Å²) in [6.07, 6.45) is 1.92. The quantitative estimate of drug-likeness (QED) is 0.621. The van der Waals surface area contributed by atoms with Crippen molar-refractivity contribution >= 4 is 5.91 Å². The van der Waals surface area contributed by atoms with Gasteiger partial charge >= 0.3 is 0 Å². The van der Waals surface area contributed by atoms with Gasteiger partial charge in [-0.25, -0.2) is 0 Å². The molecule has 0 aliphatic carbocycles. The lowest BCUT2D eigenvalue weighted by Crippen LogP contribution is -2.39. The number of carbonyl (C=O) groups is 1. The molecule has 0 saturated carbocycles. The van der Waals surface area contributed by atoms with Crippen LogP contribution in [0.4, 0.5) is 0 Å². The summed E-state index contributed by atoms with van der Waals surface area (Å²) in [5.74, 6) is 0.393. The van der Waals surface area contributed by atoms with Crippen LogP contribution in [0.25, 0.3) is 0 Å². The predicted molar refractivity (Wildman–Crippen MR) is 55.1 cm³/mol. The molecule has 1 heterocycles. The first-order valence-corrected chi connectivity index (χ1v) is 5.40. The molecule has 1 rings (SSSR count). The molecule has 0 radical (unpaired) electrons. The fraction of sp³-hybridized carbons (Fsp3) is 0.900. The van der Waals surface area contributed by atoms with Crippen molar-refractivity contribution in [1.82, 2.24) is 10.6 Å². The van der Waals surface area contributed by atoms with Crippen molar-refractivity contribution in [1.29, 1.82) is 0 Å². The van der Waals surface area contributed by atoms with Crippen LogP contribution < -0.4 is 10.6 Å². The Kier molecular flexibility index (Phi) is 5.56. The fourth-order valence-corrected chi connectivity index (χ4v) is 1.62. The Bertz CT molecular complexity index is 168. The molecule has 0 aromatic rings. The average molecular weight is 200 g/mol. The summed E-state index contributed by atoms with van der Waals surface area (Å²) in [6.45, 7) is 5.84. The summed E-state index contributed by atoms with van der Waals surface area (Å²) in [5, 5.41) is 6.14. The Labute approximate surface area is 85.4 Å². The summed E-state index contributed by atoms with van der Waals surface area (Å²) in [5.41, 5.74) is 0. The van der Waals surface area contributed by atoms with Crippen LogP contribution in [0, 0.1) is 5.92 Å². The smallest absolute Gasteiger partial charge is 0.223 e. The lowest BCUT2D eigenvalue weighted by molar-refractivity contribution is -0.125. The summed E-state index contributed by atoms with van der Waals surface area (Å²) in [6, 6.07) is 0. The average Bonchev–Trinajstić information content (AvgIpc) is 2.25. The van der Waals surface area contributed by atoms with Gasteiger partial charge in [-0.1, -0.05) is 0 Å². The largest absolute Gasteiger partial charge is 0.380 e. The Hall–Kier alpha value is -0.610. The Morgan fingerprint density at radius 2 is 2.21 bits per heavy atom. The highest BCUT2D eigenvalue weighted by atomic mass is 16.5. The zero-order valence-corrected chi connectivity index (χ0v) is 8.84. The molecule has 1 fully saturated rings. The second-order valence-corrected chi connectivity index (χ2v) is 3.51. The molecule has 1 amide bonds. The molecule has 82 valence electrons. The molecule has 1 aliphatic heterocycles. The van der Waals surface area contributed by atoms with Crippen molar-refractivity contribution in [2.24, 2.45) is 5.92 Å². The molecule has 4 nitrogen and oxygen atoms in total. The number of nitrogens with one attached hydrogen (secondary N) is 2. The third-order valence-corrected chi connectivity index (χ3v) is 2.46. The van der Waals surface area contributed by atoms with Crippen LogP contribution in [-0.4, -0.2) is 38.8 Å². The highest BCUT2D eigenvalue weighted by molar-refractivity contribution is 5.78. The van der Waals surface area contributed by atoms with Gasteiger partial charge in [0.2, 0.25) is 5.91 Å². The van der Waals surface area contributed by atoms with Crippen LogP contribution in [0.5, 0.6) is 0 Å². The van der Waals surface area contributed by atoms with E-state index in [9.17, 15) is 4.79 Å². The van der Waals surface area contributed by atoms with E-state index in [-0.39, 0.29) is 11.8 Å². The molecule has 0 aromatic carbocycles. The van der Waals surface area contributed by atoms with Gasteiger partial charge in [0.05, 0.1) is 6.61 Å². The minimum atomic E-state index is 0.186. The SMILES string of the molecule is CCOCCNC(=O)C1CCNCC1. The second kappa shape index (κ2) is 6.79. The van der Waals surface area contributed by atoms with Crippen molar-refractivity contribution in [2.45, 2.75) is 19.8 Å². The maximum atomic E-state index is 11.6. The minimum absolute atomic E-state index is 0.186. The van der Waals surface area contributed by atoms with Gasteiger partial charge in [-0.15, -0.1) is 0 Å². The number of hydrogen-bond donors (Lipinski definition) is 2. The van der Waals surface area contributed by atoms with E-state index in [4.69, 9.17) is 4.74 Å². The van der Waals surface area contributed by atoms with E-state index in [0.29, 0.717) is 19.8 Å². The molecular weight excluding hydrogens is 180 g/mol. The molecule has 14 heavy (non-hydrogen) atoms. The van der Waals surface area contributed by atoms with Gasteiger partial charge in [-0.05, 0) is 32.9 Å². The van der Waals surface area contributed by atoms with Crippen LogP contribution in [0.2, 0.25) is 0 Å². The Morgan fingerprint density at radius 3 is 2.86 bits per heavy atom. The number of hydrogen-bond acceptors (Lipinski definition) is 3. The third kappa shape index (κ3) is 4.07. The van der Waals surface area contributed by atoms with Crippen LogP contribution in [0.3, 0.4) is 0 Å². The van der Waals surface area contributed by atoms with E-state index in [1.54, 1.807) is 0 Å². The van der Waals surface area contributed by atoms with Gasteiger partial charge in [-0.2, -0.15) is 0 Å². The van der Waals surface area contributed by atoms with Gasteiger partial charge in [-0.3, -0.25) is 4.79 Å². The molecule has 0 atom stereocenters. The molecule has 0 spiro atoms. The van der Waals surface area contributed by atoms with Gasteiger partial charge in [0.25, 0.3) is 0 Å². The van der Waals surface area contributed by atoms with Crippen molar-refractivity contribution in [3.8, 4) is 0 Å². The van der Waals surface area contributed by atoms with E-state index in [2.05, 4.69) is 10.6 Å². The molecule has 0 unspecified atom stereocenters. The van der Waals surface area contributed by atoms with E-state index in [1.165, 1.54) is 0 Å². The second-order valence-electron chi connectivity index (χ2n) is 3.51. The first-order chi connectivity index (χ1) is 6.84. The van der Waals surface area contributed by atoms with Gasteiger partial charge in [0, 0.05) is 19.1 Å². The van der Waals surface area contributed by atoms with Crippen molar-refractivity contribution < 1.29 is 9.53 Å². The number of piperidine rings is 1. The molecule has 1 saturated heterocycles. The maximum absolute atomic E-state index is 11.6. The fourth-order valence-electron chi connectivity index (χ4n) is 1.62. The number of amides is 1. The standard InChI is InChI=1S/C10H20N2O2/c1-2-14-8-7-12-10(13)9-3-5-11-6-4-9/h9,11H,2-8H2,1H3,(H,12,13). The van der Waals surface area contributed by atoms with Gasteiger partial charge in [0.1, 0.15) is 0 Å². The third-order valence-electron chi connectivity index (χ3n) is 2.46. The van der Waals surface area contributed by atoms with Crippen LogP contribution in [-0.2, 0) is 9.53 Å². The molecule has 0 bridgehead atoms.